The van der Waals surface area contributed by atoms with Crippen molar-refractivity contribution in [2.45, 2.75) is 12.5 Å². The van der Waals surface area contributed by atoms with Crippen molar-refractivity contribution in [1.82, 2.24) is 0 Å². The van der Waals surface area contributed by atoms with E-state index in [0.717, 1.165) is 0 Å². The van der Waals surface area contributed by atoms with E-state index in [1.54, 1.807) is 24.3 Å². The van der Waals surface area contributed by atoms with E-state index in [1.807, 2.05) is 0 Å². The maximum Gasteiger partial charge on any atom is 0.168 e. The number of methoxy groups -OCH3 is 1. The monoisotopic (exact) mass is 236 g/mol. The lowest BCUT2D eigenvalue weighted by Gasteiger charge is -2.10. The molecule has 0 saturated carbocycles. The summed E-state index contributed by atoms with van der Waals surface area (Å²) in [6.45, 7) is 0. The van der Waals surface area contributed by atoms with Gasteiger partial charge in [-0.2, -0.15) is 0 Å². The van der Waals surface area contributed by atoms with E-state index < -0.39 is 11.9 Å². The Morgan fingerprint density at radius 3 is 2.82 bits per heavy atom. The summed E-state index contributed by atoms with van der Waals surface area (Å²) < 4.78 is 23.7. The Hall–Kier alpha value is -1.81. The Bertz CT molecular complexity index is 479. The van der Waals surface area contributed by atoms with Gasteiger partial charge in [-0.1, -0.05) is 12.1 Å². The Labute approximate surface area is 98.5 Å². The second-order valence-electron chi connectivity index (χ2n) is 3.67. The van der Waals surface area contributed by atoms with Crippen LogP contribution < -0.4 is 4.74 Å². The second kappa shape index (κ2) is 5.01. The standard InChI is InChI=1S/C13H13FO3/c1-16-12-5-2-4-9(13(12)14)8-10(15)11-6-3-7-17-11/h2-7,10,15H,8H2,1H3. The van der Waals surface area contributed by atoms with Gasteiger partial charge < -0.3 is 14.3 Å². The van der Waals surface area contributed by atoms with Crippen molar-refractivity contribution in [1.29, 1.82) is 0 Å². The normalized spacial score (nSPS) is 12.4. The topological polar surface area (TPSA) is 42.6 Å². The molecule has 3 nitrogen and oxygen atoms in total. The van der Waals surface area contributed by atoms with Crippen LogP contribution >= 0.6 is 0 Å². The average molecular weight is 236 g/mol. The van der Waals surface area contributed by atoms with Gasteiger partial charge in [0, 0.05) is 6.42 Å². The fourth-order valence-corrected chi connectivity index (χ4v) is 1.66. The molecule has 0 fully saturated rings. The Morgan fingerprint density at radius 1 is 1.35 bits per heavy atom. The van der Waals surface area contributed by atoms with Gasteiger partial charge in [-0.05, 0) is 23.8 Å². The average Bonchev–Trinajstić information content (AvgIpc) is 2.85. The van der Waals surface area contributed by atoms with Crippen molar-refractivity contribution in [3.63, 3.8) is 0 Å². The molecule has 0 saturated heterocycles. The van der Waals surface area contributed by atoms with Crippen molar-refractivity contribution < 1.29 is 18.7 Å². The van der Waals surface area contributed by atoms with E-state index in [9.17, 15) is 9.50 Å². The molecule has 1 atom stereocenters. The summed E-state index contributed by atoms with van der Waals surface area (Å²) in [7, 11) is 1.41. The van der Waals surface area contributed by atoms with Gasteiger partial charge in [0.05, 0.1) is 13.4 Å². The number of benzene rings is 1. The summed E-state index contributed by atoms with van der Waals surface area (Å²) in [5, 5.41) is 9.85. The molecule has 0 aliphatic carbocycles. The van der Waals surface area contributed by atoms with Crippen molar-refractivity contribution in [3.8, 4) is 5.75 Å². The van der Waals surface area contributed by atoms with Crippen LogP contribution in [0.5, 0.6) is 5.75 Å². The lowest BCUT2D eigenvalue weighted by molar-refractivity contribution is 0.149. The Morgan fingerprint density at radius 2 is 2.18 bits per heavy atom. The van der Waals surface area contributed by atoms with Gasteiger partial charge in [0.1, 0.15) is 11.9 Å². The van der Waals surface area contributed by atoms with Crippen LogP contribution in [0.25, 0.3) is 0 Å². The van der Waals surface area contributed by atoms with E-state index in [-0.39, 0.29) is 12.2 Å². The summed E-state index contributed by atoms with van der Waals surface area (Å²) in [4.78, 5) is 0. The third-order valence-electron chi connectivity index (χ3n) is 2.55. The zero-order valence-electron chi connectivity index (χ0n) is 9.39. The van der Waals surface area contributed by atoms with Gasteiger partial charge in [-0.15, -0.1) is 0 Å². The summed E-state index contributed by atoms with van der Waals surface area (Å²) in [5.74, 6) is 0.155. The molecule has 2 rings (SSSR count). The lowest BCUT2D eigenvalue weighted by atomic mass is 10.1. The molecule has 0 aliphatic rings. The van der Waals surface area contributed by atoms with Gasteiger partial charge in [-0.25, -0.2) is 4.39 Å². The smallest absolute Gasteiger partial charge is 0.168 e. The predicted octanol–water partition coefficient (Wildman–Crippen LogP) is 2.70. The van der Waals surface area contributed by atoms with Gasteiger partial charge in [0.15, 0.2) is 11.6 Å². The molecule has 1 aromatic carbocycles. The number of furan rings is 1. The number of hydrogen-bond donors (Lipinski definition) is 1. The van der Waals surface area contributed by atoms with Crippen LogP contribution in [0.3, 0.4) is 0 Å². The van der Waals surface area contributed by atoms with E-state index in [0.29, 0.717) is 11.3 Å². The van der Waals surface area contributed by atoms with Crippen molar-refractivity contribution >= 4 is 0 Å². The third kappa shape index (κ3) is 2.47. The minimum Gasteiger partial charge on any atom is -0.494 e. The highest BCUT2D eigenvalue weighted by molar-refractivity contribution is 5.31. The molecule has 0 bridgehead atoms. The number of halogens is 1. The van der Waals surface area contributed by atoms with Crippen LogP contribution in [0.1, 0.15) is 17.4 Å². The Balaban J connectivity index is 2.19. The van der Waals surface area contributed by atoms with Gasteiger partial charge in [0.2, 0.25) is 0 Å². The first-order valence-corrected chi connectivity index (χ1v) is 5.25. The van der Waals surface area contributed by atoms with Gasteiger partial charge in [-0.3, -0.25) is 0 Å². The zero-order valence-corrected chi connectivity index (χ0v) is 9.39. The first kappa shape index (κ1) is 11.7. The molecular weight excluding hydrogens is 223 g/mol. The van der Waals surface area contributed by atoms with Crippen LogP contribution in [-0.2, 0) is 6.42 Å². The number of rotatable bonds is 4. The minimum absolute atomic E-state index is 0.149. The summed E-state index contributed by atoms with van der Waals surface area (Å²) in [6, 6.07) is 8.18. The van der Waals surface area contributed by atoms with Gasteiger partial charge in [0.25, 0.3) is 0 Å². The number of aliphatic hydroxyl groups excluding tert-OH is 1. The van der Waals surface area contributed by atoms with Crippen LogP contribution in [0.15, 0.2) is 41.0 Å². The lowest BCUT2D eigenvalue weighted by Crippen LogP contribution is -2.03. The predicted molar refractivity (Wildman–Crippen MR) is 60.3 cm³/mol. The molecule has 90 valence electrons. The van der Waals surface area contributed by atoms with Crippen LogP contribution in [0.4, 0.5) is 4.39 Å². The molecule has 4 heteroatoms. The SMILES string of the molecule is COc1cccc(CC(O)c2ccco2)c1F. The van der Waals surface area contributed by atoms with E-state index in [1.165, 1.54) is 19.4 Å². The van der Waals surface area contributed by atoms with Gasteiger partial charge >= 0.3 is 0 Å². The number of hydrogen-bond acceptors (Lipinski definition) is 3. The van der Waals surface area contributed by atoms with E-state index in [4.69, 9.17) is 9.15 Å². The van der Waals surface area contributed by atoms with Crippen molar-refractivity contribution in [2.75, 3.05) is 7.11 Å². The third-order valence-corrected chi connectivity index (χ3v) is 2.55. The van der Waals surface area contributed by atoms with Crippen molar-refractivity contribution in [2.24, 2.45) is 0 Å². The molecule has 1 N–H and O–H groups in total. The molecule has 0 radical (unpaired) electrons. The van der Waals surface area contributed by atoms with Crippen LogP contribution in [0.2, 0.25) is 0 Å². The number of aliphatic hydroxyl groups is 1. The fourth-order valence-electron chi connectivity index (χ4n) is 1.66. The molecule has 0 spiro atoms. The highest BCUT2D eigenvalue weighted by Gasteiger charge is 2.15. The summed E-state index contributed by atoms with van der Waals surface area (Å²) in [5.41, 5.74) is 0.397. The summed E-state index contributed by atoms with van der Waals surface area (Å²) in [6.07, 6.45) is 0.767. The molecule has 2 aromatic rings. The zero-order chi connectivity index (χ0) is 12.3. The van der Waals surface area contributed by atoms with Crippen LogP contribution in [0, 0.1) is 5.82 Å². The highest BCUT2D eigenvalue weighted by atomic mass is 19.1. The quantitative estimate of drug-likeness (QED) is 0.887. The van der Waals surface area contributed by atoms with E-state index >= 15 is 0 Å². The Kier molecular flexibility index (Phi) is 3.44. The molecule has 1 unspecified atom stereocenters. The maximum atomic E-state index is 13.8. The second-order valence-corrected chi connectivity index (χ2v) is 3.67. The minimum atomic E-state index is -0.855. The molecule has 0 amide bonds. The molecular formula is C13H13FO3. The molecule has 17 heavy (non-hydrogen) atoms. The van der Waals surface area contributed by atoms with E-state index in [2.05, 4.69) is 0 Å². The molecule has 0 aliphatic heterocycles. The highest BCUT2D eigenvalue weighted by Crippen LogP contribution is 2.25. The summed E-state index contributed by atoms with van der Waals surface area (Å²) >= 11 is 0. The first-order chi connectivity index (χ1) is 8.22. The first-order valence-electron chi connectivity index (χ1n) is 5.25. The molecule has 1 heterocycles. The fraction of sp³-hybridized carbons (Fsp3) is 0.231. The van der Waals surface area contributed by atoms with Crippen molar-refractivity contribution in [3.05, 3.63) is 53.7 Å². The molecule has 1 aromatic heterocycles. The number of ether oxygens (including phenoxy) is 1. The van der Waals surface area contributed by atoms with Crippen LogP contribution in [-0.4, -0.2) is 12.2 Å². The largest absolute Gasteiger partial charge is 0.494 e. The maximum absolute atomic E-state index is 13.8.